The average molecular weight is 361 g/mol. The first-order valence-electron chi connectivity index (χ1n) is 8.35. The van der Waals surface area contributed by atoms with Crippen molar-refractivity contribution in [2.45, 2.75) is 0 Å². The van der Waals surface area contributed by atoms with Crippen LogP contribution in [0, 0.1) is 0 Å². The van der Waals surface area contributed by atoms with E-state index >= 15 is 0 Å². The van der Waals surface area contributed by atoms with Crippen molar-refractivity contribution in [1.29, 1.82) is 0 Å². The predicted molar refractivity (Wildman–Crippen MR) is 104 cm³/mol. The van der Waals surface area contributed by atoms with E-state index in [2.05, 4.69) is 5.32 Å². The van der Waals surface area contributed by atoms with Crippen LogP contribution in [0.1, 0.15) is 20.7 Å². The van der Waals surface area contributed by atoms with Gasteiger partial charge in [0.05, 0.1) is 25.5 Å². The summed E-state index contributed by atoms with van der Waals surface area (Å²) in [7, 11) is 2.80. The fraction of sp³-hybridized carbons (Fsp3) is 0.0909. The van der Waals surface area contributed by atoms with Crippen molar-refractivity contribution < 1.29 is 19.1 Å². The number of carbonyl (C=O) groups is 2. The summed E-state index contributed by atoms with van der Waals surface area (Å²) in [5.41, 5.74) is 3.33. The monoisotopic (exact) mass is 361 g/mol. The Kier molecular flexibility index (Phi) is 5.52. The van der Waals surface area contributed by atoms with Crippen LogP contribution in [0.25, 0.3) is 11.1 Å². The van der Waals surface area contributed by atoms with Gasteiger partial charge in [-0.15, -0.1) is 0 Å². The average Bonchev–Trinajstić information content (AvgIpc) is 2.73. The first-order valence-corrected chi connectivity index (χ1v) is 8.35. The van der Waals surface area contributed by atoms with E-state index in [1.807, 2.05) is 42.5 Å². The van der Waals surface area contributed by atoms with Crippen LogP contribution in [0.3, 0.4) is 0 Å². The second-order valence-electron chi connectivity index (χ2n) is 5.80. The highest BCUT2D eigenvalue weighted by Crippen LogP contribution is 2.27. The van der Waals surface area contributed by atoms with Gasteiger partial charge in [0.25, 0.3) is 5.91 Å². The van der Waals surface area contributed by atoms with E-state index < -0.39 is 5.97 Å². The highest BCUT2D eigenvalue weighted by atomic mass is 16.5. The van der Waals surface area contributed by atoms with Gasteiger partial charge in [0, 0.05) is 5.56 Å². The maximum Gasteiger partial charge on any atom is 0.337 e. The van der Waals surface area contributed by atoms with Gasteiger partial charge in [-0.1, -0.05) is 42.5 Å². The Bertz CT molecular complexity index is 950. The molecule has 0 radical (unpaired) electrons. The molecule has 0 atom stereocenters. The van der Waals surface area contributed by atoms with Gasteiger partial charge < -0.3 is 14.8 Å². The summed E-state index contributed by atoms with van der Waals surface area (Å²) in [6.07, 6.45) is 0. The highest BCUT2D eigenvalue weighted by Gasteiger charge is 2.14. The molecule has 0 aliphatic heterocycles. The summed E-state index contributed by atoms with van der Waals surface area (Å²) in [5, 5.41) is 2.78. The molecule has 136 valence electrons. The molecule has 3 rings (SSSR count). The molecular weight excluding hydrogens is 342 g/mol. The third-order valence-electron chi connectivity index (χ3n) is 4.12. The lowest BCUT2D eigenvalue weighted by atomic mass is 10.0. The van der Waals surface area contributed by atoms with Gasteiger partial charge in [-0.3, -0.25) is 4.79 Å². The minimum Gasteiger partial charge on any atom is -0.495 e. The van der Waals surface area contributed by atoms with Gasteiger partial charge in [0.2, 0.25) is 0 Å². The molecule has 5 nitrogen and oxygen atoms in total. The van der Waals surface area contributed by atoms with E-state index in [0.29, 0.717) is 22.6 Å². The van der Waals surface area contributed by atoms with Crippen molar-refractivity contribution in [3.63, 3.8) is 0 Å². The lowest BCUT2D eigenvalue weighted by Crippen LogP contribution is -2.13. The topological polar surface area (TPSA) is 64.6 Å². The molecule has 27 heavy (non-hydrogen) atoms. The highest BCUT2D eigenvalue weighted by molar-refractivity contribution is 6.06. The van der Waals surface area contributed by atoms with Crippen LogP contribution in [0.4, 0.5) is 5.69 Å². The number of anilines is 1. The van der Waals surface area contributed by atoms with Crippen molar-refractivity contribution in [3.05, 3.63) is 83.9 Å². The summed E-state index contributed by atoms with van der Waals surface area (Å²) < 4.78 is 9.98. The van der Waals surface area contributed by atoms with Crippen molar-refractivity contribution in [1.82, 2.24) is 0 Å². The SMILES string of the molecule is COC(=O)c1ccc(OC)c(NC(=O)c2ccc(-c3ccccc3)cc2)c1. The largest absolute Gasteiger partial charge is 0.495 e. The summed E-state index contributed by atoms with van der Waals surface area (Å²) in [4.78, 5) is 24.3. The summed E-state index contributed by atoms with van der Waals surface area (Å²) >= 11 is 0. The van der Waals surface area contributed by atoms with E-state index in [0.717, 1.165) is 11.1 Å². The van der Waals surface area contributed by atoms with Crippen LogP contribution in [-0.4, -0.2) is 26.1 Å². The predicted octanol–water partition coefficient (Wildman–Crippen LogP) is 4.40. The van der Waals surface area contributed by atoms with E-state index in [4.69, 9.17) is 9.47 Å². The fourth-order valence-electron chi connectivity index (χ4n) is 2.69. The van der Waals surface area contributed by atoms with Crippen LogP contribution < -0.4 is 10.1 Å². The number of methoxy groups -OCH3 is 2. The lowest BCUT2D eigenvalue weighted by molar-refractivity contribution is 0.0600. The lowest BCUT2D eigenvalue weighted by Gasteiger charge is -2.12. The number of amides is 1. The molecule has 0 saturated heterocycles. The van der Waals surface area contributed by atoms with Crippen LogP contribution in [0.2, 0.25) is 0 Å². The van der Waals surface area contributed by atoms with E-state index in [1.54, 1.807) is 24.3 Å². The molecule has 1 N–H and O–H groups in total. The number of hydrogen-bond donors (Lipinski definition) is 1. The fourth-order valence-corrected chi connectivity index (χ4v) is 2.69. The number of rotatable bonds is 5. The zero-order valence-corrected chi connectivity index (χ0v) is 15.1. The number of hydrogen-bond acceptors (Lipinski definition) is 4. The molecular formula is C22H19NO4. The Morgan fingerprint density at radius 2 is 1.41 bits per heavy atom. The Hall–Kier alpha value is -3.60. The summed E-state index contributed by atoms with van der Waals surface area (Å²) in [6, 6.07) is 21.9. The maximum atomic E-state index is 12.6. The number of carbonyl (C=O) groups excluding carboxylic acids is 2. The van der Waals surface area contributed by atoms with E-state index in [9.17, 15) is 9.59 Å². The van der Waals surface area contributed by atoms with Gasteiger partial charge in [-0.25, -0.2) is 4.79 Å². The number of esters is 1. The first-order chi connectivity index (χ1) is 13.1. The molecule has 0 saturated carbocycles. The van der Waals surface area contributed by atoms with Crippen molar-refractivity contribution >= 4 is 17.6 Å². The first kappa shape index (κ1) is 18.2. The van der Waals surface area contributed by atoms with Crippen LogP contribution in [0.15, 0.2) is 72.8 Å². The Morgan fingerprint density at radius 3 is 2.04 bits per heavy atom. The Morgan fingerprint density at radius 1 is 0.778 bits per heavy atom. The Balaban J connectivity index is 1.82. The van der Waals surface area contributed by atoms with E-state index in [1.165, 1.54) is 20.3 Å². The molecule has 0 aromatic heterocycles. The molecule has 0 heterocycles. The third kappa shape index (κ3) is 4.15. The van der Waals surface area contributed by atoms with Crippen molar-refractivity contribution in [3.8, 4) is 16.9 Å². The number of ether oxygens (including phenoxy) is 2. The zero-order valence-electron chi connectivity index (χ0n) is 15.1. The molecule has 3 aromatic rings. The third-order valence-corrected chi connectivity index (χ3v) is 4.12. The summed E-state index contributed by atoms with van der Waals surface area (Å²) in [5.74, 6) is -0.327. The molecule has 5 heteroatoms. The molecule has 1 amide bonds. The van der Waals surface area contributed by atoms with Crippen LogP contribution >= 0.6 is 0 Å². The van der Waals surface area contributed by atoms with Crippen molar-refractivity contribution in [2.75, 3.05) is 19.5 Å². The zero-order chi connectivity index (χ0) is 19.2. The molecule has 3 aromatic carbocycles. The second-order valence-corrected chi connectivity index (χ2v) is 5.80. The Labute approximate surface area is 157 Å². The summed E-state index contributed by atoms with van der Waals surface area (Å²) in [6.45, 7) is 0. The van der Waals surface area contributed by atoms with Gasteiger partial charge >= 0.3 is 5.97 Å². The van der Waals surface area contributed by atoms with Crippen LogP contribution in [0.5, 0.6) is 5.75 Å². The normalized spacial score (nSPS) is 10.1. The minimum absolute atomic E-state index is 0.296. The maximum absolute atomic E-state index is 12.6. The molecule has 0 unspecified atom stereocenters. The number of benzene rings is 3. The van der Waals surface area contributed by atoms with Crippen molar-refractivity contribution in [2.24, 2.45) is 0 Å². The molecule has 0 fully saturated rings. The standard InChI is InChI=1S/C22H19NO4/c1-26-20-13-12-18(22(25)27-2)14-19(20)23-21(24)17-10-8-16(9-11-17)15-6-4-3-5-7-15/h3-14H,1-2H3,(H,23,24). The smallest absolute Gasteiger partial charge is 0.337 e. The van der Waals surface area contributed by atoms with Gasteiger partial charge in [0.1, 0.15) is 5.75 Å². The molecule has 0 aliphatic rings. The molecule has 0 aliphatic carbocycles. The second kappa shape index (κ2) is 8.19. The quantitative estimate of drug-likeness (QED) is 0.684. The molecule has 0 spiro atoms. The van der Waals surface area contributed by atoms with Crippen LogP contribution in [-0.2, 0) is 4.74 Å². The number of nitrogens with one attached hydrogen (secondary N) is 1. The van der Waals surface area contributed by atoms with Gasteiger partial charge in [-0.2, -0.15) is 0 Å². The van der Waals surface area contributed by atoms with Gasteiger partial charge in [0.15, 0.2) is 0 Å². The molecule has 0 bridgehead atoms. The van der Waals surface area contributed by atoms with E-state index in [-0.39, 0.29) is 5.91 Å². The minimum atomic E-state index is -0.486. The van der Waals surface area contributed by atoms with Gasteiger partial charge in [-0.05, 0) is 41.5 Å².